The third-order valence-corrected chi connectivity index (χ3v) is 4.12. The van der Waals surface area contributed by atoms with E-state index in [9.17, 15) is 4.39 Å². The average molecular weight is 346 g/mol. The lowest BCUT2D eigenvalue weighted by atomic mass is 10.2. The first kappa shape index (κ1) is 17.6. The van der Waals surface area contributed by atoms with Crippen LogP contribution in [-0.2, 0) is 4.74 Å². The van der Waals surface area contributed by atoms with Crippen LogP contribution in [0.25, 0.3) is 0 Å². The highest BCUT2D eigenvalue weighted by molar-refractivity contribution is 5.35. The number of hydrogen-bond donors (Lipinski definition) is 0. The summed E-state index contributed by atoms with van der Waals surface area (Å²) < 4.78 is 24.6. The number of rotatable bonds is 7. The average Bonchev–Trinajstić information content (AvgIpc) is 2.63. The number of likely N-dealkylation sites (N-methyl/N-ethyl adjacent to an activating group) is 1. The minimum absolute atomic E-state index is 0.106. The number of aromatic nitrogens is 2. The van der Waals surface area contributed by atoms with Crippen LogP contribution >= 0.6 is 0 Å². The van der Waals surface area contributed by atoms with Crippen LogP contribution in [0.5, 0.6) is 5.75 Å². The molecule has 2 aromatic rings. The summed E-state index contributed by atoms with van der Waals surface area (Å²) in [5.41, 5.74) is 0. The molecule has 1 fully saturated rings. The van der Waals surface area contributed by atoms with E-state index in [1.165, 1.54) is 12.1 Å². The number of nitrogens with zero attached hydrogens (tertiary/aromatic N) is 4. The predicted molar refractivity (Wildman–Crippen MR) is 93.4 cm³/mol. The fraction of sp³-hybridized carbons (Fsp3) is 0.444. The zero-order valence-corrected chi connectivity index (χ0v) is 14.3. The molecular formula is C18H23FN4O2. The molecule has 3 rings (SSSR count). The molecular weight excluding hydrogens is 323 g/mol. The van der Waals surface area contributed by atoms with E-state index >= 15 is 0 Å². The Morgan fingerprint density at radius 2 is 2.28 bits per heavy atom. The first-order valence-corrected chi connectivity index (χ1v) is 8.42. The van der Waals surface area contributed by atoms with Gasteiger partial charge in [-0.15, -0.1) is 5.10 Å². The van der Waals surface area contributed by atoms with Crippen molar-refractivity contribution in [3.63, 3.8) is 0 Å². The summed E-state index contributed by atoms with van der Waals surface area (Å²) in [7, 11) is 1.99. The molecule has 7 heteroatoms. The van der Waals surface area contributed by atoms with E-state index in [0.29, 0.717) is 19.0 Å². The van der Waals surface area contributed by atoms with Crippen LogP contribution < -0.4 is 9.64 Å². The van der Waals surface area contributed by atoms with Gasteiger partial charge < -0.3 is 14.4 Å². The molecule has 1 aromatic carbocycles. The second-order valence-corrected chi connectivity index (χ2v) is 6.06. The van der Waals surface area contributed by atoms with Gasteiger partial charge in [0.2, 0.25) is 0 Å². The van der Waals surface area contributed by atoms with E-state index in [1.807, 2.05) is 24.1 Å². The Bertz CT molecular complexity index is 659. The quantitative estimate of drug-likeness (QED) is 0.762. The minimum atomic E-state index is -0.281. The van der Waals surface area contributed by atoms with Gasteiger partial charge in [-0.1, -0.05) is 6.07 Å². The van der Waals surface area contributed by atoms with Crippen molar-refractivity contribution in [3.8, 4) is 5.75 Å². The fourth-order valence-corrected chi connectivity index (χ4v) is 2.84. The normalized spacial score (nSPS) is 18.1. The third kappa shape index (κ3) is 5.37. The van der Waals surface area contributed by atoms with Crippen molar-refractivity contribution in [2.75, 3.05) is 51.3 Å². The molecule has 25 heavy (non-hydrogen) atoms. The van der Waals surface area contributed by atoms with E-state index in [2.05, 4.69) is 15.1 Å². The van der Waals surface area contributed by atoms with Crippen LogP contribution in [0.3, 0.4) is 0 Å². The Balaban J connectivity index is 1.43. The van der Waals surface area contributed by atoms with Crippen molar-refractivity contribution < 1.29 is 13.9 Å². The number of benzene rings is 1. The van der Waals surface area contributed by atoms with E-state index in [-0.39, 0.29) is 11.9 Å². The molecule has 1 aromatic heterocycles. The summed E-state index contributed by atoms with van der Waals surface area (Å²) in [6.45, 7) is 4.45. The molecule has 0 bridgehead atoms. The number of ether oxygens (including phenoxy) is 2. The first-order valence-electron chi connectivity index (χ1n) is 8.42. The van der Waals surface area contributed by atoms with E-state index in [0.717, 1.165) is 32.0 Å². The Kier molecular flexibility index (Phi) is 6.14. The maximum Gasteiger partial charge on any atom is 0.151 e. The van der Waals surface area contributed by atoms with Gasteiger partial charge in [-0.3, -0.25) is 4.90 Å². The van der Waals surface area contributed by atoms with E-state index < -0.39 is 0 Å². The molecule has 0 spiro atoms. The van der Waals surface area contributed by atoms with Gasteiger partial charge >= 0.3 is 0 Å². The second-order valence-electron chi connectivity index (χ2n) is 6.06. The summed E-state index contributed by atoms with van der Waals surface area (Å²) >= 11 is 0. The Hall–Kier alpha value is -2.25. The third-order valence-electron chi connectivity index (χ3n) is 4.12. The molecule has 0 unspecified atom stereocenters. The highest BCUT2D eigenvalue weighted by Gasteiger charge is 2.22. The standard InChI is InChI=1S/C18H23FN4O2/c1-22(18-6-3-7-20-21-18)13-17-14-23(9-11-25-17)8-10-24-16-5-2-4-15(19)12-16/h2-7,12,17H,8-11,13-14H2,1H3/t17-/m1/s1. The van der Waals surface area contributed by atoms with Gasteiger partial charge in [0.05, 0.1) is 12.7 Å². The number of anilines is 1. The van der Waals surface area contributed by atoms with E-state index in [4.69, 9.17) is 9.47 Å². The monoisotopic (exact) mass is 346 g/mol. The molecule has 0 saturated carbocycles. The van der Waals surface area contributed by atoms with E-state index in [1.54, 1.807) is 18.3 Å². The highest BCUT2D eigenvalue weighted by atomic mass is 19.1. The SMILES string of the molecule is CN(C[C@@H]1CN(CCOc2cccc(F)c2)CCO1)c1cccnn1. The van der Waals surface area contributed by atoms with Gasteiger partial charge in [-0.25, -0.2) is 4.39 Å². The Morgan fingerprint density at radius 3 is 3.08 bits per heavy atom. The van der Waals surface area contributed by atoms with Gasteiger partial charge in [0.15, 0.2) is 5.82 Å². The molecule has 0 amide bonds. The zero-order chi connectivity index (χ0) is 17.5. The number of morpholine rings is 1. The van der Waals surface area contributed by atoms with Crippen LogP contribution in [-0.4, -0.2) is 67.6 Å². The Morgan fingerprint density at radius 1 is 1.36 bits per heavy atom. The summed E-state index contributed by atoms with van der Waals surface area (Å²) in [6.07, 6.45) is 1.77. The van der Waals surface area contributed by atoms with Crippen LogP contribution in [0.4, 0.5) is 10.2 Å². The summed E-state index contributed by atoms with van der Waals surface area (Å²) in [6, 6.07) is 10.0. The maximum atomic E-state index is 13.1. The lowest BCUT2D eigenvalue weighted by Crippen LogP contribution is -2.48. The zero-order valence-electron chi connectivity index (χ0n) is 14.3. The van der Waals surface area contributed by atoms with Crippen LogP contribution in [0, 0.1) is 5.82 Å². The summed E-state index contributed by atoms with van der Waals surface area (Å²) in [5, 5.41) is 8.01. The van der Waals surface area contributed by atoms with Crippen LogP contribution in [0.15, 0.2) is 42.6 Å². The van der Waals surface area contributed by atoms with Crippen molar-refractivity contribution in [2.24, 2.45) is 0 Å². The van der Waals surface area contributed by atoms with Gasteiger partial charge in [0.1, 0.15) is 18.2 Å². The number of halogens is 1. The first-order chi connectivity index (χ1) is 12.2. The summed E-state index contributed by atoms with van der Waals surface area (Å²) in [5.74, 6) is 1.11. The molecule has 0 N–H and O–H groups in total. The molecule has 1 aliphatic heterocycles. The van der Waals surface area contributed by atoms with Gasteiger partial charge in [-0.2, -0.15) is 5.10 Å². The van der Waals surface area contributed by atoms with Crippen LogP contribution in [0.1, 0.15) is 0 Å². The molecule has 0 aliphatic carbocycles. The molecule has 1 aliphatic rings. The minimum Gasteiger partial charge on any atom is -0.492 e. The van der Waals surface area contributed by atoms with Crippen molar-refractivity contribution in [1.29, 1.82) is 0 Å². The second kappa shape index (κ2) is 8.73. The molecule has 134 valence electrons. The predicted octanol–water partition coefficient (Wildman–Crippen LogP) is 1.83. The van der Waals surface area contributed by atoms with Crippen molar-refractivity contribution in [2.45, 2.75) is 6.10 Å². The molecule has 1 saturated heterocycles. The molecule has 2 heterocycles. The summed E-state index contributed by atoms with van der Waals surface area (Å²) in [4.78, 5) is 4.35. The lowest BCUT2D eigenvalue weighted by Gasteiger charge is -2.34. The largest absolute Gasteiger partial charge is 0.492 e. The lowest BCUT2D eigenvalue weighted by molar-refractivity contribution is -0.0266. The fourth-order valence-electron chi connectivity index (χ4n) is 2.84. The van der Waals surface area contributed by atoms with Gasteiger partial charge in [-0.05, 0) is 24.3 Å². The van der Waals surface area contributed by atoms with Crippen LogP contribution in [0.2, 0.25) is 0 Å². The molecule has 6 nitrogen and oxygen atoms in total. The van der Waals surface area contributed by atoms with Crippen molar-refractivity contribution >= 4 is 5.82 Å². The Labute approximate surface area is 147 Å². The maximum absolute atomic E-state index is 13.1. The van der Waals surface area contributed by atoms with Crippen molar-refractivity contribution in [3.05, 3.63) is 48.4 Å². The smallest absolute Gasteiger partial charge is 0.151 e. The van der Waals surface area contributed by atoms with Gasteiger partial charge in [0.25, 0.3) is 0 Å². The topological polar surface area (TPSA) is 50.7 Å². The number of hydrogen-bond acceptors (Lipinski definition) is 6. The van der Waals surface area contributed by atoms with Crippen molar-refractivity contribution in [1.82, 2.24) is 15.1 Å². The molecule has 1 atom stereocenters. The molecule has 0 radical (unpaired) electrons. The van der Waals surface area contributed by atoms with Gasteiger partial charge in [0, 0.05) is 45.5 Å². The highest BCUT2D eigenvalue weighted by Crippen LogP contribution is 2.13.